The fourth-order valence-corrected chi connectivity index (χ4v) is 2.67. The predicted molar refractivity (Wildman–Crippen MR) is 88.6 cm³/mol. The lowest BCUT2D eigenvalue weighted by Gasteiger charge is -2.26. The van der Waals surface area contributed by atoms with Gasteiger partial charge in [-0.2, -0.15) is 0 Å². The van der Waals surface area contributed by atoms with Crippen molar-refractivity contribution in [3.63, 3.8) is 0 Å². The Labute approximate surface area is 134 Å². The number of ether oxygens (including phenoxy) is 1. The maximum absolute atomic E-state index is 11.7. The summed E-state index contributed by atoms with van der Waals surface area (Å²) in [4.78, 5) is 14.1. The van der Waals surface area contributed by atoms with Gasteiger partial charge in [-0.1, -0.05) is 6.42 Å². The van der Waals surface area contributed by atoms with E-state index in [2.05, 4.69) is 11.0 Å². The number of piperidine rings is 1. The highest BCUT2D eigenvalue weighted by atomic mass is 35.5. The third-order valence-corrected chi connectivity index (χ3v) is 3.60. The van der Waals surface area contributed by atoms with Crippen LogP contribution >= 0.6 is 12.4 Å². The molecule has 3 nitrogen and oxygen atoms in total. The van der Waals surface area contributed by atoms with E-state index in [1.54, 1.807) is 6.92 Å². The van der Waals surface area contributed by atoms with Crippen LogP contribution in [0, 0.1) is 0 Å². The van der Waals surface area contributed by atoms with Gasteiger partial charge in [-0.25, -0.2) is 0 Å². The van der Waals surface area contributed by atoms with E-state index < -0.39 is 0 Å². The quantitative estimate of drug-likeness (QED) is 0.767. The number of carbonyl (C=O) groups excluding carboxylic acids is 1. The number of carbonyl (C=O) groups is 1. The van der Waals surface area contributed by atoms with Crippen LogP contribution < -0.4 is 4.74 Å². The van der Waals surface area contributed by atoms with Crippen LogP contribution in [-0.2, 0) is 6.54 Å². The average Bonchev–Trinajstić information content (AvgIpc) is 2.38. The van der Waals surface area contributed by atoms with Crippen LogP contribution in [0.1, 0.15) is 56.0 Å². The molecule has 0 aliphatic carbocycles. The molecule has 0 bridgehead atoms. The van der Waals surface area contributed by atoms with Crippen LogP contribution in [0.15, 0.2) is 18.2 Å². The highest BCUT2D eigenvalue weighted by molar-refractivity contribution is 5.94. The van der Waals surface area contributed by atoms with E-state index in [4.69, 9.17) is 4.74 Å². The molecule has 0 N–H and O–H groups in total. The van der Waals surface area contributed by atoms with Crippen LogP contribution in [0.5, 0.6) is 5.75 Å². The van der Waals surface area contributed by atoms with Crippen LogP contribution in [-0.4, -0.2) is 29.9 Å². The van der Waals surface area contributed by atoms with E-state index in [1.165, 1.54) is 24.8 Å². The molecule has 1 heterocycles. The lowest BCUT2D eigenvalue weighted by molar-refractivity contribution is 0.101. The van der Waals surface area contributed by atoms with Gasteiger partial charge in [0.1, 0.15) is 5.75 Å². The molecule has 1 saturated heterocycles. The maximum Gasteiger partial charge on any atom is 0.159 e. The van der Waals surface area contributed by atoms with Crippen molar-refractivity contribution in [1.29, 1.82) is 0 Å². The summed E-state index contributed by atoms with van der Waals surface area (Å²) in [7, 11) is 0. The van der Waals surface area contributed by atoms with E-state index in [0.717, 1.165) is 30.9 Å². The minimum absolute atomic E-state index is 0. The SMILES string of the molecule is CC(=O)c1cc(CN2CCCCC2)cc(OC(C)C)c1.Cl. The molecule has 1 aliphatic heterocycles. The number of halogens is 1. The fourth-order valence-electron chi connectivity index (χ4n) is 2.67. The molecule has 0 spiro atoms. The van der Waals surface area contributed by atoms with Crippen LogP contribution in [0.4, 0.5) is 0 Å². The number of nitrogens with zero attached hydrogens (tertiary/aromatic N) is 1. The molecular weight excluding hydrogens is 286 g/mol. The fraction of sp³-hybridized carbons (Fsp3) is 0.588. The standard InChI is InChI=1S/C17H25NO2.ClH/c1-13(2)20-17-10-15(9-16(11-17)14(3)19)12-18-7-5-4-6-8-18;/h9-11,13H,4-8,12H2,1-3H3;1H. The van der Waals surface area contributed by atoms with E-state index in [1.807, 2.05) is 26.0 Å². The van der Waals surface area contributed by atoms with Crippen molar-refractivity contribution in [3.05, 3.63) is 29.3 Å². The largest absolute Gasteiger partial charge is 0.491 e. The Morgan fingerprint density at radius 3 is 2.43 bits per heavy atom. The average molecular weight is 312 g/mol. The van der Waals surface area contributed by atoms with Gasteiger partial charge in [0.05, 0.1) is 6.10 Å². The zero-order chi connectivity index (χ0) is 14.5. The Kier molecular flexibility index (Phi) is 7.20. The molecule has 0 aromatic heterocycles. The maximum atomic E-state index is 11.7. The van der Waals surface area contributed by atoms with Crippen molar-refractivity contribution in [3.8, 4) is 5.75 Å². The van der Waals surface area contributed by atoms with Gasteiger partial charge in [0.15, 0.2) is 5.78 Å². The minimum atomic E-state index is 0. The van der Waals surface area contributed by atoms with Crippen molar-refractivity contribution < 1.29 is 9.53 Å². The monoisotopic (exact) mass is 311 g/mol. The number of likely N-dealkylation sites (tertiary alicyclic amines) is 1. The van der Waals surface area contributed by atoms with Gasteiger partial charge in [0.2, 0.25) is 0 Å². The van der Waals surface area contributed by atoms with Crippen molar-refractivity contribution in [2.24, 2.45) is 0 Å². The van der Waals surface area contributed by atoms with Crippen molar-refractivity contribution in [2.75, 3.05) is 13.1 Å². The third-order valence-electron chi connectivity index (χ3n) is 3.60. The van der Waals surface area contributed by atoms with Crippen molar-refractivity contribution >= 4 is 18.2 Å². The highest BCUT2D eigenvalue weighted by Crippen LogP contribution is 2.21. The van der Waals surface area contributed by atoms with Crippen molar-refractivity contribution in [1.82, 2.24) is 4.90 Å². The van der Waals surface area contributed by atoms with E-state index in [9.17, 15) is 4.79 Å². The normalized spacial score (nSPS) is 15.6. The first kappa shape index (κ1) is 18.0. The molecule has 0 amide bonds. The number of rotatable bonds is 5. The second kappa shape index (κ2) is 8.40. The number of hydrogen-bond acceptors (Lipinski definition) is 3. The number of ketones is 1. The molecule has 2 rings (SSSR count). The first-order chi connectivity index (χ1) is 9.54. The molecule has 118 valence electrons. The zero-order valence-electron chi connectivity index (χ0n) is 13.2. The topological polar surface area (TPSA) is 29.5 Å². The van der Waals surface area contributed by atoms with E-state index in [0.29, 0.717) is 0 Å². The number of benzene rings is 1. The predicted octanol–water partition coefficient (Wildman–Crippen LogP) is 4.08. The molecule has 4 heteroatoms. The summed E-state index contributed by atoms with van der Waals surface area (Å²) in [6.45, 7) is 8.85. The molecule has 0 radical (unpaired) electrons. The van der Waals surface area contributed by atoms with Gasteiger partial charge in [0, 0.05) is 12.1 Å². The lowest BCUT2D eigenvalue weighted by Crippen LogP contribution is -2.29. The van der Waals surface area contributed by atoms with E-state index in [-0.39, 0.29) is 24.3 Å². The summed E-state index contributed by atoms with van der Waals surface area (Å²) < 4.78 is 5.76. The molecule has 1 aromatic carbocycles. The summed E-state index contributed by atoms with van der Waals surface area (Å²) in [5.41, 5.74) is 1.92. The van der Waals surface area contributed by atoms with Crippen LogP contribution in [0.2, 0.25) is 0 Å². The molecule has 1 fully saturated rings. The Hall–Kier alpha value is -1.06. The van der Waals surface area contributed by atoms with Crippen molar-refractivity contribution in [2.45, 2.75) is 52.7 Å². The lowest BCUT2D eigenvalue weighted by atomic mass is 10.1. The van der Waals surface area contributed by atoms with Gasteiger partial charge < -0.3 is 4.74 Å². The number of Topliss-reactive ketones (excluding diaryl/α,β-unsaturated/α-hetero) is 1. The second-order valence-electron chi connectivity index (χ2n) is 5.93. The highest BCUT2D eigenvalue weighted by Gasteiger charge is 2.13. The summed E-state index contributed by atoms with van der Waals surface area (Å²) >= 11 is 0. The van der Waals surface area contributed by atoms with E-state index >= 15 is 0 Å². The Morgan fingerprint density at radius 2 is 1.86 bits per heavy atom. The Bertz CT molecular complexity index is 468. The minimum Gasteiger partial charge on any atom is -0.491 e. The summed E-state index contributed by atoms with van der Waals surface area (Å²) in [5.74, 6) is 0.902. The third kappa shape index (κ3) is 5.68. The van der Waals surface area contributed by atoms with Crippen LogP contribution in [0.3, 0.4) is 0 Å². The summed E-state index contributed by atoms with van der Waals surface area (Å²) in [6, 6.07) is 5.92. The van der Waals surface area contributed by atoms with Crippen LogP contribution in [0.25, 0.3) is 0 Å². The Balaban J connectivity index is 0.00000220. The molecule has 0 unspecified atom stereocenters. The summed E-state index contributed by atoms with van der Waals surface area (Å²) in [5, 5.41) is 0. The molecule has 21 heavy (non-hydrogen) atoms. The van der Waals surface area contributed by atoms with Gasteiger partial charge in [-0.3, -0.25) is 9.69 Å². The van der Waals surface area contributed by atoms with Gasteiger partial charge in [-0.15, -0.1) is 12.4 Å². The molecule has 0 saturated carbocycles. The Morgan fingerprint density at radius 1 is 1.19 bits per heavy atom. The first-order valence-corrected chi connectivity index (χ1v) is 7.58. The van der Waals surface area contributed by atoms with Gasteiger partial charge >= 0.3 is 0 Å². The van der Waals surface area contributed by atoms with Gasteiger partial charge in [-0.05, 0) is 70.5 Å². The van der Waals surface area contributed by atoms with Gasteiger partial charge in [0.25, 0.3) is 0 Å². The first-order valence-electron chi connectivity index (χ1n) is 7.58. The zero-order valence-corrected chi connectivity index (χ0v) is 14.0. The second-order valence-corrected chi connectivity index (χ2v) is 5.93. The molecule has 0 atom stereocenters. The molecule has 1 aliphatic rings. The summed E-state index contributed by atoms with van der Waals surface area (Å²) in [6.07, 6.45) is 4.02. The molecular formula is C17H26ClNO2. The molecule has 1 aromatic rings. The smallest absolute Gasteiger partial charge is 0.159 e. The number of hydrogen-bond donors (Lipinski definition) is 0.